The number of halogens is 1. The van der Waals surface area contributed by atoms with Gasteiger partial charge in [-0.1, -0.05) is 12.2 Å². The van der Waals surface area contributed by atoms with Crippen molar-refractivity contribution in [3.8, 4) is 0 Å². The van der Waals surface area contributed by atoms with Crippen LogP contribution in [0.1, 0.15) is 0 Å². The van der Waals surface area contributed by atoms with E-state index in [9.17, 15) is 12.8 Å². The highest BCUT2D eigenvalue weighted by atomic mass is 32.2. The van der Waals surface area contributed by atoms with Crippen LogP contribution in [0.3, 0.4) is 0 Å². The van der Waals surface area contributed by atoms with Crippen LogP contribution in [-0.2, 0) is 10.0 Å². The van der Waals surface area contributed by atoms with Crippen LogP contribution in [0.2, 0.25) is 0 Å². The molecule has 0 aliphatic rings. The van der Waals surface area contributed by atoms with E-state index >= 15 is 0 Å². The first kappa shape index (κ1) is 12.0. The summed E-state index contributed by atoms with van der Waals surface area (Å²) < 4.78 is 37.7. The van der Waals surface area contributed by atoms with Crippen LogP contribution in [0.25, 0.3) is 0 Å². The van der Waals surface area contributed by atoms with Crippen molar-refractivity contribution < 1.29 is 12.8 Å². The second-order valence-corrected chi connectivity index (χ2v) is 5.04. The Kier molecular flexibility index (Phi) is 3.72. The fraction of sp³-hybridized carbons (Fsp3) is 0.125. The molecule has 4 nitrogen and oxygen atoms in total. The number of hydrogen-bond donors (Lipinski definition) is 2. The monoisotopic (exact) mass is 248 g/mol. The molecule has 0 radical (unpaired) electrons. The first-order chi connectivity index (χ1) is 6.92. The molecule has 0 aliphatic carbocycles. The van der Waals surface area contributed by atoms with E-state index in [1.165, 1.54) is 0 Å². The van der Waals surface area contributed by atoms with Crippen molar-refractivity contribution in [2.75, 3.05) is 6.54 Å². The van der Waals surface area contributed by atoms with Crippen molar-refractivity contribution in [2.45, 2.75) is 4.90 Å². The summed E-state index contributed by atoms with van der Waals surface area (Å²) in [5.74, 6) is -0.497. The van der Waals surface area contributed by atoms with Crippen molar-refractivity contribution in [2.24, 2.45) is 5.73 Å². The van der Waals surface area contributed by atoms with Gasteiger partial charge < -0.3 is 5.73 Å². The molecule has 0 bridgehead atoms. The Hall–Kier alpha value is -1.05. The largest absolute Gasteiger partial charge is 0.392 e. The van der Waals surface area contributed by atoms with Gasteiger partial charge in [-0.2, -0.15) is 0 Å². The maximum absolute atomic E-state index is 12.5. The minimum Gasteiger partial charge on any atom is -0.392 e. The summed E-state index contributed by atoms with van der Waals surface area (Å²) in [6, 6.07) is 4.46. The highest BCUT2D eigenvalue weighted by molar-refractivity contribution is 7.89. The van der Waals surface area contributed by atoms with E-state index in [-0.39, 0.29) is 16.4 Å². The number of rotatable bonds is 4. The molecule has 82 valence electrons. The molecule has 0 heterocycles. The van der Waals surface area contributed by atoms with E-state index in [1.54, 1.807) is 0 Å². The van der Waals surface area contributed by atoms with E-state index in [2.05, 4.69) is 16.9 Å². The number of thiocarbonyl (C=S) groups is 1. The molecule has 0 fully saturated rings. The molecule has 1 rings (SSSR count). The lowest BCUT2D eigenvalue weighted by Gasteiger charge is -2.05. The Morgan fingerprint density at radius 3 is 2.40 bits per heavy atom. The summed E-state index contributed by atoms with van der Waals surface area (Å²) in [5.41, 5.74) is 5.15. The average Bonchev–Trinajstić information content (AvgIpc) is 2.16. The van der Waals surface area contributed by atoms with Crippen molar-refractivity contribution in [3.63, 3.8) is 0 Å². The van der Waals surface area contributed by atoms with Crippen LogP contribution in [0, 0.1) is 5.82 Å². The standard InChI is InChI=1S/C8H9FN2O2S2/c9-6-1-3-7(4-2-6)15(12,13)11-5-8(10)14/h1-4,11H,5H2,(H2,10,14). The number of benzene rings is 1. The lowest BCUT2D eigenvalue weighted by Crippen LogP contribution is -2.32. The van der Waals surface area contributed by atoms with Crippen molar-refractivity contribution >= 4 is 27.2 Å². The van der Waals surface area contributed by atoms with Gasteiger partial charge in [0.2, 0.25) is 10.0 Å². The molecule has 0 atom stereocenters. The average molecular weight is 248 g/mol. The van der Waals surface area contributed by atoms with Gasteiger partial charge in [0.1, 0.15) is 5.82 Å². The summed E-state index contributed by atoms with van der Waals surface area (Å²) in [5, 5.41) is 0. The first-order valence-corrected chi connectivity index (χ1v) is 5.84. The fourth-order valence-electron chi connectivity index (χ4n) is 0.863. The van der Waals surface area contributed by atoms with Gasteiger partial charge in [-0.3, -0.25) is 0 Å². The van der Waals surface area contributed by atoms with E-state index in [1.807, 2.05) is 0 Å². The topological polar surface area (TPSA) is 72.2 Å². The lowest BCUT2D eigenvalue weighted by molar-refractivity contribution is 0.585. The second-order valence-electron chi connectivity index (χ2n) is 2.74. The first-order valence-electron chi connectivity index (χ1n) is 3.95. The molecule has 0 saturated carbocycles. The van der Waals surface area contributed by atoms with E-state index in [0.29, 0.717) is 0 Å². The summed E-state index contributed by atoms with van der Waals surface area (Å²) in [7, 11) is -3.66. The molecular formula is C8H9FN2O2S2. The molecule has 0 amide bonds. The highest BCUT2D eigenvalue weighted by Crippen LogP contribution is 2.08. The van der Waals surface area contributed by atoms with Gasteiger partial charge in [-0.25, -0.2) is 17.5 Å². The molecule has 3 N–H and O–H groups in total. The van der Waals surface area contributed by atoms with Crippen LogP contribution < -0.4 is 10.5 Å². The molecule has 0 unspecified atom stereocenters. The number of nitrogens with one attached hydrogen (secondary N) is 1. The smallest absolute Gasteiger partial charge is 0.240 e. The fourth-order valence-corrected chi connectivity index (χ4v) is 2.03. The van der Waals surface area contributed by atoms with Crippen LogP contribution in [-0.4, -0.2) is 20.0 Å². The molecular weight excluding hydrogens is 239 g/mol. The third kappa shape index (κ3) is 3.54. The molecule has 0 spiro atoms. The summed E-state index contributed by atoms with van der Waals surface area (Å²) in [6.07, 6.45) is 0. The molecule has 1 aromatic carbocycles. The van der Waals surface area contributed by atoms with Gasteiger partial charge in [0.25, 0.3) is 0 Å². The third-order valence-electron chi connectivity index (χ3n) is 1.56. The second kappa shape index (κ2) is 4.65. The van der Waals surface area contributed by atoms with Gasteiger partial charge in [0.05, 0.1) is 16.4 Å². The van der Waals surface area contributed by atoms with Crippen molar-refractivity contribution in [1.29, 1.82) is 0 Å². The van der Waals surface area contributed by atoms with E-state index in [0.717, 1.165) is 24.3 Å². The molecule has 0 aromatic heterocycles. The lowest BCUT2D eigenvalue weighted by atomic mass is 10.4. The highest BCUT2D eigenvalue weighted by Gasteiger charge is 2.13. The molecule has 7 heteroatoms. The maximum atomic E-state index is 12.5. The minimum atomic E-state index is -3.66. The zero-order chi connectivity index (χ0) is 11.5. The molecule has 15 heavy (non-hydrogen) atoms. The van der Waals surface area contributed by atoms with Gasteiger partial charge >= 0.3 is 0 Å². The van der Waals surface area contributed by atoms with Crippen LogP contribution in [0.5, 0.6) is 0 Å². The van der Waals surface area contributed by atoms with Gasteiger partial charge in [-0.15, -0.1) is 0 Å². The van der Waals surface area contributed by atoms with E-state index in [4.69, 9.17) is 5.73 Å². The minimum absolute atomic E-state index is 0.0276. The quantitative estimate of drug-likeness (QED) is 0.756. The van der Waals surface area contributed by atoms with Crippen molar-refractivity contribution in [1.82, 2.24) is 4.72 Å². The summed E-state index contributed by atoms with van der Waals surface area (Å²) in [6.45, 7) is -0.116. The normalized spacial score (nSPS) is 11.3. The van der Waals surface area contributed by atoms with Gasteiger partial charge in [0, 0.05) is 0 Å². The van der Waals surface area contributed by atoms with Crippen molar-refractivity contribution in [3.05, 3.63) is 30.1 Å². The number of sulfonamides is 1. The predicted molar refractivity (Wildman–Crippen MR) is 58.4 cm³/mol. The van der Waals surface area contributed by atoms with Crippen LogP contribution >= 0.6 is 12.2 Å². The predicted octanol–water partition coefficient (Wildman–Crippen LogP) is 0.390. The SMILES string of the molecule is NC(=S)CNS(=O)(=O)c1ccc(F)cc1. The Balaban J connectivity index is 2.87. The Morgan fingerprint density at radius 2 is 1.93 bits per heavy atom. The Bertz CT molecular complexity index is 456. The molecule has 1 aromatic rings. The summed E-state index contributed by atoms with van der Waals surface area (Å²) in [4.78, 5) is 0.0147. The third-order valence-corrected chi connectivity index (χ3v) is 3.12. The zero-order valence-electron chi connectivity index (χ0n) is 7.60. The summed E-state index contributed by atoms with van der Waals surface area (Å²) >= 11 is 4.53. The van der Waals surface area contributed by atoms with Gasteiger partial charge in [0.15, 0.2) is 0 Å². The number of hydrogen-bond acceptors (Lipinski definition) is 3. The Labute approximate surface area is 92.3 Å². The van der Waals surface area contributed by atoms with Crippen LogP contribution in [0.15, 0.2) is 29.2 Å². The molecule has 0 saturated heterocycles. The zero-order valence-corrected chi connectivity index (χ0v) is 9.24. The van der Waals surface area contributed by atoms with Gasteiger partial charge in [-0.05, 0) is 24.3 Å². The Morgan fingerprint density at radius 1 is 1.40 bits per heavy atom. The van der Waals surface area contributed by atoms with E-state index < -0.39 is 15.8 Å². The maximum Gasteiger partial charge on any atom is 0.240 e. The van der Waals surface area contributed by atoms with Crippen LogP contribution in [0.4, 0.5) is 4.39 Å². The molecule has 0 aliphatic heterocycles. The number of nitrogens with two attached hydrogens (primary N) is 1.